The zero-order chi connectivity index (χ0) is 12.8. The molecule has 0 aromatic rings. The number of hydrogen-bond donors (Lipinski definition) is 2. The van der Waals surface area contributed by atoms with E-state index < -0.39 is 6.10 Å². The number of ether oxygens (including phenoxy) is 1. The summed E-state index contributed by atoms with van der Waals surface area (Å²) in [7, 11) is 0. The molecule has 4 nitrogen and oxygen atoms in total. The number of aliphatic hydroxyl groups is 1. The van der Waals surface area contributed by atoms with Crippen LogP contribution in [0.25, 0.3) is 0 Å². The summed E-state index contributed by atoms with van der Waals surface area (Å²) in [5.74, 6) is 0.560. The molecule has 5 heteroatoms. The number of rotatable bonds is 1. The first-order valence-corrected chi connectivity index (χ1v) is 5.73. The van der Waals surface area contributed by atoms with Gasteiger partial charge in [-0.05, 0) is 5.41 Å². The van der Waals surface area contributed by atoms with Gasteiger partial charge in [0.25, 0.3) is 0 Å². The maximum atomic E-state index is 9.20. The standard InChI is InChI=1S/C10H18N2O2.C2H6.CH3.Pr/c1-10(2,3)8(4-11)9-12-5-7(13)6-14-9;1-2;;/h4,7,13H,5-6,11H2,1-3H3;1-2H3;1H3;/q;;-1;/b8-4+;;;. The molecule has 1 aliphatic rings. The fourth-order valence-electron chi connectivity index (χ4n) is 1.27. The van der Waals surface area contributed by atoms with Gasteiger partial charge in [0.05, 0.1) is 6.54 Å². The Hall–Kier alpha value is 0.334. The molecule has 3 N–H and O–H groups in total. The van der Waals surface area contributed by atoms with E-state index >= 15 is 0 Å². The van der Waals surface area contributed by atoms with E-state index in [0.29, 0.717) is 19.0 Å². The van der Waals surface area contributed by atoms with E-state index in [9.17, 15) is 5.11 Å². The molecule has 1 rings (SSSR count). The summed E-state index contributed by atoms with van der Waals surface area (Å²) in [6, 6.07) is 0. The van der Waals surface area contributed by atoms with Gasteiger partial charge >= 0.3 is 0 Å². The second kappa shape index (κ2) is 11.2. The first-order valence-electron chi connectivity index (χ1n) is 5.73. The Bertz CT molecular complexity index is 271. The molecule has 0 saturated heterocycles. The Morgan fingerprint density at radius 2 is 1.94 bits per heavy atom. The Balaban J connectivity index is -0.000000534. The van der Waals surface area contributed by atoms with E-state index in [-0.39, 0.29) is 54.1 Å². The second-order valence-corrected chi connectivity index (χ2v) is 4.44. The Morgan fingerprint density at radius 1 is 1.44 bits per heavy atom. The average molecular weight is 384 g/mol. The van der Waals surface area contributed by atoms with E-state index in [2.05, 4.69) is 4.99 Å². The smallest absolute Gasteiger partial charge is 0.214 e. The first kappa shape index (κ1) is 23.4. The van der Waals surface area contributed by atoms with Gasteiger partial charge in [0.1, 0.15) is 12.7 Å². The van der Waals surface area contributed by atoms with Crippen molar-refractivity contribution in [2.75, 3.05) is 13.2 Å². The quantitative estimate of drug-likeness (QED) is 0.681. The molecule has 0 amide bonds. The number of aliphatic imine (C=N–C) groups is 1. The minimum Gasteiger partial charge on any atom is -0.475 e. The summed E-state index contributed by atoms with van der Waals surface area (Å²) < 4.78 is 5.32. The first-order chi connectivity index (χ1) is 7.45. The van der Waals surface area contributed by atoms with Crippen LogP contribution in [0.5, 0.6) is 0 Å². The molecule has 1 aliphatic heterocycles. The van der Waals surface area contributed by atoms with Gasteiger partial charge in [-0.2, -0.15) is 0 Å². The largest absolute Gasteiger partial charge is 0.475 e. The van der Waals surface area contributed by atoms with Gasteiger partial charge in [-0.1, -0.05) is 34.6 Å². The van der Waals surface area contributed by atoms with Crippen LogP contribution >= 0.6 is 0 Å². The van der Waals surface area contributed by atoms with Crippen molar-refractivity contribution >= 4 is 5.90 Å². The summed E-state index contributed by atoms with van der Waals surface area (Å²) in [6.07, 6.45) is 1.04. The Morgan fingerprint density at radius 3 is 2.22 bits per heavy atom. The molecule has 1 radical (unpaired) electrons. The van der Waals surface area contributed by atoms with E-state index in [4.69, 9.17) is 10.5 Å². The summed E-state index contributed by atoms with van der Waals surface area (Å²) in [4.78, 5) is 4.14. The summed E-state index contributed by atoms with van der Waals surface area (Å²) >= 11 is 0. The molecule has 0 saturated carbocycles. The van der Waals surface area contributed by atoms with Crippen molar-refractivity contribution in [1.29, 1.82) is 0 Å². The SMILES string of the molecule is CC.CC(C)(C)/C(=C/N)C1=NCC(O)CO1.[CH3-].[Pr]. The molecule has 0 aliphatic carbocycles. The fraction of sp³-hybridized carbons (Fsp3) is 0.692. The van der Waals surface area contributed by atoms with Gasteiger partial charge in [-0.15, -0.1) is 0 Å². The second-order valence-electron chi connectivity index (χ2n) is 4.44. The van der Waals surface area contributed by atoms with Crippen molar-refractivity contribution in [2.24, 2.45) is 16.1 Å². The molecular formula is C13H27N2O2Pr-. The van der Waals surface area contributed by atoms with Crippen LogP contribution in [0.2, 0.25) is 0 Å². The van der Waals surface area contributed by atoms with Gasteiger partial charge in [0.2, 0.25) is 5.90 Å². The molecule has 1 atom stereocenters. The van der Waals surface area contributed by atoms with Gasteiger partial charge in [-0.25, -0.2) is 4.99 Å². The maximum absolute atomic E-state index is 9.20. The average Bonchev–Trinajstić information content (AvgIpc) is 2.23. The number of hydrogen-bond acceptors (Lipinski definition) is 4. The van der Waals surface area contributed by atoms with Crippen LogP contribution < -0.4 is 5.73 Å². The van der Waals surface area contributed by atoms with Crippen molar-refractivity contribution in [2.45, 2.75) is 40.7 Å². The minimum absolute atomic E-state index is 0. The fourth-order valence-corrected chi connectivity index (χ4v) is 1.27. The summed E-state index contributed by atoms with van der Waals surface area (Å²) in [5.41, 5.74) is 6.33. The molecule has 1 heterocycles. The van der Waals surface area contributed by atoms with Gasteiger partial charge < -0.3 is 23.0 Å². The maximum Gasteiger partial charge on any atom is 0.214 e. The molecule has 1 unspecified atom stereocenters. The molecule has 0 bridgehead atoms. The van der Waals surface area contributed by atoms with Crippen LogP contribution in [0, 0.1) is 54.1 Å². The predicted molar refractivity (Wildman–Crippen MR) is 73.7 cm³/mol. The molecular weight excluding hydrogens is 357 g/mol. The van der Waals surface area contributed by atoms with Crippen LogP contribution in [0.4, 0.5) is 0 Å². The van der Waals surface area contributed by atoms with E-state index in [1.54, 1.807) is 0 Å². The van der Waals surface area contributed by atoms with Crippen LogP contribution in [-0.4, -0.2) is 30.3 Å². The zero-order valence-corrected chi connectivity index (χ0v) is 16.2. The molecule has 0 fully saturated rings. The molecule has 0 aromatic carbocycles. The van der Waals surface area contributed by atoms with Crippen LogP contribution in [0.15, 0.2) is 16.8 Å². The Labute approximate surface area is 145 Å². The van der Waals surface area contributed by atoms with Crippen LogP contribution in [0.3, 0.4) is 0 Å². The van der Waals surface area contributed by atoms with Crippen molar-refractivity contribution in [3.05, 3.63) is 19.2 Å². The predicted octanol–water partition coefficient (Wildman–Crippen LogP) is 2.14. The van der Waals surface area contributed by atoms with Gasteiger partial charge in [-0.3, -0.25) is 0 Å². The third-order valence-electron chi connectivity index (χ3n) is 2.06. The monoisotopic (exact) mass is 384 g/mol. The Kier molecular flexibility index (Phi) is 14.6. The topological polar surface area (TPSA) is 67.8 Å². The van der Waals surface area contributed by atoms with Gasteiger partial charge in [0, 0.05) is 53.1 Å². The molecule has 0 spiro atoms. The number of nitrogens with two attached hydrogens (primary N) is 1. The summed E-state index contributed by atoms with van der Waals surface area (Å²) in [6.45, 7) is 10.8. The molecule has 18 heavy (non-hydrogen) atoms. The van der Waals surface area contributed by atoms with Crippen molar-refractivity contribution in [3.63, 3.8) is 0 Å². The zero-order valence-electron chi connectivity index (χ0n) is 12.5. The van der Waals surface area contributed by atoms with E-state index in [0.717, 1.165) is 5.57 Å². The van der Waals surface area contributed by atoms with E-state index in [1.807, 2.05) is 34.6 Å². The third-order valence-corrected chi connectivity index (χ3v) is 2.06. The van der Waals surface area contributed by atoms with Crippen molar-refractivity contribution < 1.29 is 51.1 Å². The van der Waals surface area contributed by atoms with E-state index in [1.165, 1.54) is 6.20 Å². The molecule has 0 aromatic heterocycles. The molecule has 105 valence electrons. The van der Waals surface area contributed by atoms with Gasteiger partial charge in [0.15, 0.2) is 0 Å². The number of nitrogens with zero attached hydrogens (tertiary/aromatic N) is 1. The normalized spacial score (nSPS) is 19.1. The summed E-state index contributed by atoms with van der Waals surface area (Å²) in [5, 5.41) is 9.20. The van der Waals surface area contributed by atoms with Crippen molar-refractivity contribution in [1.82, 2.24) is 0 Å². The number of aliphatic hydroxyl groups excluding tert-OH is 1. The third kappa shape index (κ3) is 7.70. The van der Waals surface area contributed by atoms with Crippen LogP contribution in [0.1, 0.15) is 34.6 Å². The van der Waals surface area contributed by atoms with Crippen LogP contribution in [-0.2, 0) is 4.74 Å². The minimum atomic E-state index is -0.488. The van der Waals surface area contributed by atoms with Crippen molar-refractivity contribution in [3.8, 4) is 0 Å².